The third-order valence-electron chi connectivity index (χ3n) is 3.09. The fraction of sp³-hybridized carbons (Fsp3) is 0.417. The molecule has 18 heavy (non-hydrogen) atoms. The van der Waals surface area contributed by atoms with Crippen LogP contribution >= 0.6 is 0 Å². The van der Waals surface area contributed by atoms with Crippen molar-refractivity contribution in [1.29, 1.82) is 0 Å². The van der Waals surface area contributed by atoms with Crippen LogP contribution in [-0.4, -0.2) is 30.6 Å². The number of carbonyl (C=O) groups excluding carboxylic acids is 2. The molecule has 96 valence electrons. The van der Waals surface area contributed by atoms with E-state index in [1.165, 1.54) is 0 Å². The van der Waals surface area contributed by atoms with Crippen LogP contribution in [0.25, 0.3) is 0 Å². The molecule has 1 heterocycles. The van der Waals surface area contributed by atoms with Gasteiger partial charge in [-0.1, -0.05) is 0 Å². The minimum Gasteiger partial charge on any atom is -0.449 e. The number of pyridine rings is 1. The lowest BCUT2D eigenvalue weighted by atomic mass is 10.1. The lowest BCUT2D eigenvalue weighted by molar-refractivity contribution is -0.107. The van der Waals surface area contributed by atoms with Crippen LogP contribution in [0.3, 0.4) is 0 Å². The van der Waals surface area contributed by atoms with E-state index >= 15 is 0 Å². The Balaban J connectivity index is 1.99. The van der Waals surface area contributed by atoms with E-state index in [1.807, 2.05) is 6.07 Å². The number of hydrogen-bond acceptors (Lipinski definition) is 4. The van der Waals surface area contributed by atoms with E-state index in [-0.39, 0.29) is 12.0 Å². The van der Waals surface area contributed by atoms with Crippen LogP contribution < -0.4 is 10.6 Å². The Kier molecular flexibility index (Phi) is 3.45. The van der Waals surface area contributed by atoms with Crippen molar-refractivity contribution in [3.05, 3.63) is 24.5 Å². The molecular weight excluding hydrogens is 234 g/mol. The van der Waals surface area contributed by atoms with Crippen molar-refractivity contribution < 1.29 is 14.3 Å². The molecule has 1 aliphatic rings. The summed E-state index contributed by atoms with van der Waals surface area (Å²) in [6.07, 6.45) is 5.10. The zero-order chi connectivity index (χ0) is 13.0. The summed E-state index contributed by atoms with van der Waals surface area (Å²) in [5, 5.41) is 0. The number of aromatic nitrogens is 1. The van der Waals surface area contributed by atoms with Gasteiger partial charge in [-0.2, -0.15) is 0 Å². The largest absolute Gasteiger partial charge is 0.449 e. The number of carbonyl (C=O) groups is 2. The van der Waals surface area contributed by atoms with Gasteiger partial charge in [0.25, 0.3) is 0 Å². The molecular formula is C12H15N3O3. The first-order chi connectivity index (χ1) is 8.65. The van der Waals surface area contributed by atoms with E-state index in [1.54, 1.807) is 23.4 Å². The normalized spacial score (nSPS) is 15.8. The predicted molar refractivity (Wildman–Crippen MR) is 64.8 cm³/mol. The summed E-state index contributed by atoms with van der Waals surface area (Å²) >= 11 is 0. The van der Waals surface area contributed by atoms with Gasteiger partial charge in [-0.25, -0.2) is 4.79 Å². The third-order valence-corrected chi connectivity index (χ3v) is 3.09. The summed E-state index contributed by atoms with van der Waals surface area (Å²) < 4.78 is 4.83. The van der Waals surface area contributed by atoms with Crippen molar-refractivity contribution in [3.8, 4) is 0 Å². The van der Waals surface area contributed by atoms with Crippen molar-refractivity contribution in [1.82, 2.24) is 4.98 Å². The van der Waals surface area contributed by atoms with Crippen LogP contribution in [-0.2, 0) is 9.53 Å². The second kappa shape index (κ2) is 5.03. The highest BCUT2D eigenvalue weighted by atomic mass is 16.5. The van der Waals surface area contributed by atoms with Gasteiger partial charge in [0.1, 0.15) is 6.61 Å². The van der Waals surface area contributed by atoms with E-state index in [0.29, 0.717) is 6.54 Å². The minimum atomic E-state index is -0.777. The Morgan fingerprint density at radius 1 is 1.61 bits per heavy atom. The van der Waals surface area contributed by atoms with Gasteiger partial charge in [-0.3, -0.25) is 9.78 Å². The molecule has 0 radical (unpaired) electrons. The second-order valence-corrected chi connectivity index (χ2v) is 4.55. The summed E-state index contributed by atoms with van der Waals surface area (Å²) in [6.45, 7) is 0.766. The SMILES string of the molecule is NC(=O)OCC1(CN(C=O)c2cccnc2)CC1. The molecule has 1 saturated carbocycles. The Bertz CT molecular complexity index is 431. The van der Waals surface area contributed by atoms with Crippen LogP contribution in [0.2, 0.25) is 0 Å². The van der Waals surface area contributed by atoms with Crippen LogP contribution in [0.1, 0.15) is 12.8 Å². The molecule has 2 rings (SSSR count). The van der Waals surface area contributed by atoms with E-state index < -0.39 is 6.09 Å². The van der Waals surface area contributed by atoms with Gasteiger partial charge < -0.3 is 15.4 Å². The molecule has 1 aromatic heterocycles. The second-order valence-electron chi connectivity index (χ2n) is 4.55. The first kappa shape index (κ1) is 12.3. The van der Waals surface area contributed by atoms with Crippen molar-refractivity contribution in [3.63, 3.8) is 0 Å². The molecule has 0 atom stereocenters. The smallest absolute Gasteiger partial charge is 0.404 e. The number of primary amides is 1. The maximum Gasteiger partial charge on any atom is 0.404 e. The first-order valence-corrected chi connectivity index (χ1v) is 5.69. The van der Waals surface area contributed by atoms with Crippen molar-refractivity contribution in [2.24, 2.45) is 11.1 Å². The average molecular weight is 249 g/mol. The van der Waals surface area contributed by atoms with Gasteiger partial charge in [-0.05, 0) is 25.0 Å². The molecule has 2 N–H and O–H groups in total. The Hall–Kier alpha value is -2.11. The van der Waals surface area contributed by atoms with Crippen molar-refractivity contribution in [2.45, 2.75) is 12.8 Å². The monoisotopic (exact) mass is 249 g/mol. The Morgan fingerprint density at radius 3 is 2.89 bits per heavy atom. The first-order valence-electron chi connectivity index (χ1n) is 5.69. The predicted octanol–water partition coefficient (Wildman–Crippen LogP) is 0.920. The fourth-order valence-electron chi connectivity index (χ4n) is 1.82. The van der Waals surface area contributed by atoms with Crippen molar-refractivity contribution in [2.75, 3.05) is 18.1 Å². The molecule has 0 saturated heterocycles. The van der Waals surface area contributed by atoms with Crippen molar-refractivity contribution >= 4 is 18.2 Å². The van der Waals surface area contributed by atoms with Gasteiger partial charge >= 0.3 is 6.09 Å². The summed E-state index contributed by atoms with van der Waals surface area (Å²) in [7, 11) is 0. The highest BCUT2D eigenvalue weighted by Gasteiger charge is 2.45. The van der Waals surface area contributed by atoms with E-state index in [4.69, 9.17) is 10.5 Å². The zero-order valence-electron chi connectivity index (χ0n) is 9.91. The van der Waals surface area contributed by atoms with Gasteiger partial charge in [0.2, 0.25) is 6.41 Å². The molecule has 0 spiro atoms. The quantitative estimate of drug-likeness (QED) is 0.759. The van der Waals surface area contributed by atoms with E-state index in [9.17, 15) is 9.59 Å². The minimum absolute atomic E-state index is 0.147. The highest BCUT2D eigenvalue weighted by molar-refractivity contribution is 5.74. The molecule has 6 heteroatoms. The molecule has 1 aliphatic carbocycles. The number of amides is 2. The fourth-order valence-corrected chi connectivity index (χ4v) is 1.82. The van der Waals surface area contributed by atoms with E-state index in [0.717, 1.165) is 24.9 Å². The molecule has 0 bridgehead atoms. The number of nitrogens with zero attached hydrogens (tertiary/aromatic N) is 2. The summed E-state index contributed by atoms with van der Waals surface area (Å²) in [5.41, 5.74) is 5.53. The zero-order valence-corrected chi connectivity index (χ0v) is 9.91. The van der Waals surface area contributed by atoms with Crippen LogP contribution in [0.15, 0.2) is 24.5 Å². The van der Waals surface area contributed by atoms with Gasteiger partial charge in [-0.15, -0.1) is 0 Å². The number of hydrogen-bond donors (Lipinski definition) is 1. The van der Waals surface area contributed by atoms with Gasteiger partial charge in [0.05, 0.1) is 11.9 Å². The number of anilines is 1. The summed E-state index contributed by atoms with van der Waals surface area (Å²) in [6, 6.07) is 3.58. The maximum atomic E-state index is 11.1. The summed E-state index contributed by atoms with van der Waals surface area (Å²) in [4.78, 5) is 27.3. The molecule has 2 amide bonds. The van der Waals surface area contributed by atoms with Crippen LogP contribution in [0.5, 0.6) is 0 Å². The molecule has 1 fully saturated rings. The van der Waals surface area contributed by atoms with E-state index in [2.05, 4.69) is 4.98 Å². The third kappa shape index (κ3) is 2.97. The van der Waals surface area contributed by atoms with Gasteiger partial charge in [0.15, 0.2) is 0 Å². The molecule has 6 nitrogen and oxygen atoms in total. The molecule has 0 unspecified atom stereocenters. The number of nitrogens with two attached hydrogens (primary N) is 1. The highest BCUT2D eigenvalue weighted by Crippen LogP contribution is 2.46. The molecule has 0 aromatic carbocycles. The topological polar surface area (TPSA) is 85.5 Å². The lowest BCUT2D eigenvalue weighted by Crippen LogP contribution is -2.33. The standard InChI is InChI=1S/C12H15N3O3/c13-11(17)18-8-12(3-4-12)7-15(9-16)10-2-1-5-14-6-10/h1-2,5-6,9H,3-4,7-8H2,(H2,13,17). The summed E-state index contributed by atoms with van der Waals surface area (Å²) in [5.74, 6) is 0. The Morgan fingerprint density at radius 2 is 2.39 bits per heavy atom. The molecule has 1 aromatic rings. The van der Waals surface area contributed by atoms with Crippen LogP contribution in [0.4, 0.5) is 10.5 Å². The van der Waals surface area contributed by atoms with Crippen LogP contribution in [0, 0.1) is 5.41 Å². The maximum absolute atomic E-state index is 11.1. The van der Waals surface area contributed by atoms with Gasteiger partial charge in [0, 0.05) is 18.2 Å². The number of rotatable bonds is 6. The average Bonchev–Trinajstić information content (AvgIpc) is 3.15. The Labute approximate surface area is 105 Å². The molecule has 0 aliphatic heterocycles. The lowest BCUT2D eigenvalue weighted by Gasteiger charge is -2.23. The number of ether oxygens (including phenoxy) is 1.